The van der Waals surface area contributed by atoms with Crippen molar-refractivity contribution in [1.29, 1.82) is 0 Å². The molecule has 3 amide bonds. The van der Waals surface area contributed by atoms with Crippen molar-refractivity contribution in [2.45, 2.75) is 35.3 Å². The molecule has 1 saturated carbocycles. The zero-order chi connectivity index (χ0) is 25.2. The average molecular weight is 504 g/mol. The summed E-state index contributed by atoms with van der Waals surface area (Å²) in [5.74, 6) is -0.485. The van der Waals surface area contributed by atoms with E-state index in [0.29, 0.717) is 12.8 Å². The number of aromatic nitrogens is 1. The highest BCUT2D eigenvalue weighted by molar-refractivity contribution is 7.92. The number of rotatable bonds is 5. The number of carbonyl (C=O) groups is 2. The summed E-state index contributed by atoms with van der Waals surface area (Å²) in [4.78, 5) is 32.5. The Morgan fingerprint density at radius 3 is 2.34 bits per heavy atom. The number of nitrogens with one attached hydrogen (secondary N) is 1. The lowest BCUT2D eigenvalue weighted by atomic mass is 10.1. The van der Waals surface area contributed by atoms with Crippen LogP contribution in [0.1, 0.15) is 18.4 Å². The minimum absolute atomic E-state index is 0.00500. The fraction of sp³-hybridized carbons (Fsp3) is 0.261. The quantitative estimate of drug-likeness (QED) is 0.526. The molecule has 0 unspecified atom stereocenters. The molecule has 2 aliphatic rings. The number of anilines is 2. The van der Waals surface area contributed by atoms with Gasteiger partial charge in [-0.15, -0.1) is 0 Å². The molecule has 1 aliphatic carbocycles. The second kappa shape index (κ2) is 7.67. The number of carbonyl (C=O) groups excluding carboxylic acids is 2. The van der Waals surface area contributed by atoms with Crippen LogP contribution in [0.25, 0.3) is 10.9 Å². The van der Waals surface area contributed by atoms with Gasteiger partial charge >= 0.3 is 11.5 Å². The molecule has 0 atom stereocenters. The summed E-state index contributed by atoms with van der Waals surface area (Å²) in [6.45, 7) is 0.124. The van der Waals surface area contributed by atoms with Crippen LogP contribution in [0.3, 0.4) is 0 Å². The largest absolute Gasteiger partial charge is 0.501 e. The molecule has 0 bridgehead atoms. The van der Waals surface area contributed by atoms with Crippen LogP contribution in [0.15, 0.2) is 59.6 Å². The van der Waals surface area contributed by atoms with Gasteiger partial charge in [0.2, 0.25) is 0 Å². The van der Waals surface area contributed by atoms with Crippen LogP contribution < -0.4 is 10.2 Å². The van der Waals surface area contributed by atoms with Crippen molar-refractivity contribution in [3.63, 3.8) is 0 Å². The molecular formula is C23H19F3N4O4S. The van der Waals surface area contributed by atoms with E-state index < -0.39 is 37.7 Å². The standard InChI is InChI=1S/C23H19F3N4O4S/c1-27-17-3-2-4-18-19(17)14(9-12-28-18)13-29-21(32)30(20(31)22(29)10-11-22)15-5-7-16(8-6-15)35(33,34)23(24,25)26/h2-9,12,27H,10-11,13H2,1H3. The van der Waals surface area contributed by atoms with Crippen molar-refractivity contribution in [1.82, 2.24) is 9.88 Å². The number of halogens is 3. The Labute approximate surface area is 198 Å². The summed E-state index contributed by atoms with van der Waals surface area (Å²) in [5.41, 5.74) is -4.17. The third kappa shape index (κ3) is 3.42. The van der Waals surface area contributed by atoms with Crippen molar-refractivity contribution >= 4 is 44.1 Å². The number of fused-ring (bicyclic) bond motifs is 1. The molecule has 2 heterocycles. The van der Waals surface area contributed by atoms with Crippen LogP contribution in [-0.2, 0) is 21.2 Å². The van der Waals surface area contributed by atoms with E-state index in [0.717, 1.165) is 51.3 Å². The molecule has 1 N–H and O–H groups in total. The van der Waals surface area contributed by atoms with E-state index in [9.17, 15) is 31.2 Å². The highest BCUT2D eigenvalue weighted by Crippen LogP contribution is 2.50. The fourth-order valence-corrected chi connectivity index (χ4v) is 5.22. The molecule has 2 aromatic carbocycles. The Balaban J connectivity index is 1.50. The zero-order valence-corrected chi connectivity index (χ0v) is 19.2. The molecule has 182 valence electrons. The number of urea groups is 1. The highest BCUT2D eigenvalue weighted by atomic mass is 32.2. The van der Waals surface area contributed by atoms with E-state index in [1.807, 2.05) is 18.2 Å². The lowest BCUT2D eigenvalue weighted by Crippen LogP contribution is -2.36. The first-order chi connectivity index (χ1) is 16.5. The van der Waals surface area contributed by atoms with Gasteiger partial charge in [0.25, 0.3) is 15.7 Å². The first kappa shape index (κ1) is 23.1. The number of sulfone groups is 1. The predicted octanol–water partition coefficient (Wildman–Crippen LogP) is 4.07. The van der Waals surface area contributed by atoms with Gasteiger partial charge in [0, 0.05) is 30.9 Å². The van der Waals surface area contributed by atoms with E-state index >= 15 is 0 Å². The van der Waals surface area contributed by atoms with E-state index in [1.165, 1.54) is 4.90 Å². The molecule has 1 aliphatic heterocycles. The van der Waals surface area contributed by atoms with Gasteiger partial charge in [0.05, 0.1) is 16.1 Å². The summed E-state index contributed by atoms with van der Waals surface area (Å²) in [6, 6.07) is 10.3. The number of hydrogen-bond acceptors (Lipinski definition) is 6. The van der Waals surface area contributed by atoms with Crippen LogP contribution in [0.2, 0.25) is 0 Å². The van der Waals surface area contributed by atoms with Crippen molar-refractivity contribution in [3.05, 3.63) is 60.3 Å². The summed E-state index contributed by atoms with van der Waals surface area (Å²) in [7, 11) is -3.78. The maximum atomic E-state index is 13.4. The van der Waals surface area contributed by atoms with E-state index in [2.05, 4.69) is 10.3 Å². The Bertz CT molecular complexity index is 1460. The molecule has 1 spiro atoms. The molecule has 2 fully saturated rings. The smallest absolute Gasteiger partial charge is 0.388 e. The van der Waals surface area contributed by atoms with Crippen LogP contribution in [-0.4, -0.2) is 48.3 Å². The van der Waals surface area contributed by atoms with Gasteiger partial charge in [-0.1, -0.05) is 6.07 Å². The maximum Gasteiger partial charge on any atom is 0.501 e. The molecule has 35 heavy (non-hydrogen) atoms. The molecule has 12 heteroatoms. The number of pyridine rings is 1. The number of nitrogens with zero attached hydrogens (tertiary/aromatic N) is 3. The Morgan fingerprint density at radius 1 is 1.06 bits per heavy atom. The molecule has 8 nitrogen and oxygen atoms in total. The van der Waals surface area contributed by atoms with Crippen molar-refractivity contribution in [2.24, 2.45) is 0 Å². The second-order valence-corrected chi connectivity index (χ2v) is 10.3. The lowest BCUT2D eigenvalue weighted by molar-refractivity contribution is -0.120. The summed E-state index contributed by atoms with van der Waals surface area (Å²) >= 11 is 0. The number of alkyl halides is 3. The summed E-state index contributed by atoms with van der Waals surface area (Å²) in [5, 5.41) is 3.92. The molecule has 0 radical (unpaired) electrons. The SMILES string of the molecule is CNc1cccc2nccc(CN3C(=O)N(c4ccc(S(=O)(=O)C(F)(F)F)cc4)C(=O)C34CC4)c12. The van der Waals surface area contributed by atoms with Gasteiger partial charge in [-0.25, -0.2) is 18.1 Å². The average Bonchev–Trinajstić information content (AvgIpc) is 3.60. The molecule has 1 aromatic heterocycles. The molecule has 3 aromatic rings. The zero-order valence-electron chi connectivity index (χ0n) is 18.3. The minimum Gasteiger partial charge on any atom is -0.388 e. The minimum atomic E-state index is -5.54. The second-order valence-electron chi connectivity index (χ2n) is 8.40. The van der Waals surface area contributed by atoms with Gasteiger partial charge in [-0.3, -0.25) is 9.78 Å². The van der Waals surface area contributed by atoms with Gasteiger partial charge in [0.1, 0.15) is 5.54 Å². The number of amides is 3. The predicted molar refractivity (Wildman–Crippen MR) is 121 cm³/mol. The molecular weight excluding hydrogens is 485 g/mol. The molecule has 1 saturated heterocycles. The lowest BCUT2D eigenvalue weighted by Gasteiger charge is -2.22. The normalized spacial score (nSPS) is 17.5. The number of imide groups is 1. The van der Waals surface area contributed by atoms with Crippen molar-refractivity contribution in [3.8, 4) is 0 Å². The first-order valence-corrected chi connectivity index (χ1v) is 12.1. The van der Waals surface area contributed by atoms with E-state index in [4.69, 9.17) is 0 Å². The third-order valence-electron chi connectivity index (χ3n) is 6.42. The summed E-state index contributed by atoms with van der Waals surface area (Å²) in [6.07, 6.45) is 2.53. The van der Waals surface area contributed by atoms with Crippen LogP contribution >= 0.6 is 0 Å². The van der Waals surface area contributed by atoms with Crippen molar-refractivity contribution in [2.75, 3.05) is 17.3 Å². The van der Waals surface area contributed by atoms with Gasteiger partial charge in [0.15, 0.2) is 0 Å². The topological polar surface area (TPSA) is 99.7 Å². The Morgan fingerprint density at radius 2 is 1.74 bits per heavy atom. The summed E-state index contributed by atoms with van der Waals surface area (Å²) < 4.78 is 61.9. The molecule has 5 rings (SSSR count). The number of hydrogen-bond donors (Lipinski definition) is 1. The Hall–Kier alpha value is -3.67. The monoisotopic (exact) mass is 504 g/mol. The fourth-order valence-electron chi connectivity index (χ4n) is 4.46. The van der Waals surface area contributed by atoms with Crippen LogP contribution in [0.5, 0.6) is 0 Å². The third-order valence-corrected chi connectivity index (χ3v) is 7.93. The van der Waals surface area contributed by atoms with Gasteiger partial charge in [-0.05, 0) is 60.9 Å². The first-order valence-electron chi connectivity index (χ1n) is 10.6. The van der Waals surface area contributed by atoms with Gasteiger partial charge in [-0.2, -0.15) is 13.2 Å². The van der Waals surface area contributed by atoms with Crippen LogP contribution in [0, 0.1) is 0 Å². The number of benzene rings is 2. The highest BCUT2D eigenvalue weighted by Gasteiger charge is 2.65. The van der Waals surface area contributed by atoms with Crippen LogP contribution in [0.4, 0.5) is 29.3 Å². The van der Waals surface area contributed by atoms with Gasteiger partial charge < -0.3 is 10.2 Å². The van der Waals surface area contributed by atoms with Crippen molar-refractivity contribution < 1.29 is 31.2 Å². The Kier molecular flexibility index (Phi) is 5.06. The van der Waals surface area contributed by atoms with E-state index in [-0.39, 0.29) is 12.2 Å². The van der Waals surface area contributed by atoms with E-state index in [1.54, 1.807) is 19.3 Å². The maximum absolute atomic E-state index is 13.4.